The Morgan fingerprint density at radius 2 is 2.18 bits per heavy atom. The van der Waals surface area contributed by atoms with Gasteiger partial charge in [-0.25, -0.2) is 4.68 Å². The van der Waals surface area contributed by atoms with Gasteiger partial charge in [-0.05, 0) is 56.0 Å². The van der Waals surface area contributed by atoms with Crippen LogP contribution in [0, 0.1) is 13.8 Å². The highest BCUT2D eigenvalue weighted by molar-refractivity contribution is 5.91. The summed E-state index contributed by atoms with van der Waals surface area (Å²) in [5, 5.41) is 19.6. The number of hydrogen-bond donors (Lipinski definition) is 2. The summed E-state index contributed by atoms with van der Waals surface area (Å²) in [7, 11) is 1.70. The minimum atomic E-state index is -0.308. The third-order valence-corrected chi connectivity index (χ3v) is 5.46. The van der Waals surface area contributed by atoms with Gasteiger partial charge in [-0.2, -0.15) is 0 Å². The predicted molar refractivity (Wildman–Crippen MR) is 105 cm³/mol. The first-order chi connectivity index (χ1) is 13.5. The summed E-state index contributed by atoms with van der Waals surface area (Å²) >= 11 is 0. The standard InChI is InChI=1S/C20H29N5O3/c1-14-15(2)19(28-3)7-6-16(14)11-24-9-4-5-17(12-24)25-13-18(22-23-25)20(27)21-8-10-26/h6-7,13,17,26H,4-5,8-12H2,1-3H3,(H,21,27). The number of aliphatic hydroxyl groups is 1. The molecule has 3 rings (SSSR count). The van der Waals surface area contributed by atoms with Crippen molar-refractivity contribution in [2.75, 3.05) is 33.4 Å². The van der Waals surface area contributed by atoms with Gasteiger partial charge >= 0.3 is 0 Å². The molecule has 0 aliphatic carbocycles. The number of benzene rings is 1. The number of likely N-dealkylation sites (tertiary alicyclic amines) is 1. The molecule has 1 atom stereocenters. The van der Waals surface area contributed by atoms with Crippen molar-refractivity contribution in [2.24, 2.45) is 0 Å². The van der Waals surface area contributed by atoms with E-state index in [1.807, 2.05) is 6.07 Å². The van der Waals surface area contributed by atoms with Crippen LogP contribution in [0.2, 0.25) is 0 Å². The number of amides is 1. The second-order valence-electron chi connectivity index (χ2n) is 7.27. The van der Waals surface area contributed by atoms with E-state index in [1.165, 1.54) is 16.7 Å². The molecule has 0 bridgehead atoms. The van der Waals surface area contributed by atoms with E-state index in [1.54, 1.807) is 18.0 Å². The zero-order valence-corrected chi connectivity index (χ0v) is 16.8. The molecule has 1 aliphatic heterocycles. The first-order valence-electron chi connectivity index (χ1n) is 9.69. The Hall–Kier alpha value is -2.45. The fourth-order valence-corrected chi connectivity index (χ4v) is 3.70. The number of piperidine rings is 1. The van der Waals surface area contributed by atoms with Gasteiger partial charge in [0.25, 0.3) is 5.91 Å². The lowest BCUT2D eigenvalue weighted by Gasteiger charge is -2.33. The third-order valence-electron chi connectivity index (χ3n) is 5.46. The van der Waals surface area contributed by atoms with Gasteiger partial charge in [0.2, 0.25) is 0 Å². The van der Waals surface area contributed by atoms with Crippen molar-refractivity contribution in [3.05, 3.63) is 40.7 Å². The lowest BCUT2D eigenvalue weighted by molar-refractivity contribution is 0.0939. The van der Waals surface area contributed by atoms with Gasteiger partial charge in [0.15, 0.2) is 5.69 Å². The van der Waals surface area contributed by atoms with Gasteiger partial charge in [0.05, 0.1) is 26.0 Å². The Morgan fingerprint density at radius 3 is 2.93 bits per heavy atom. The number of rotatable bonds is 7. The summed E-state index contributed by atoms with van der Waals surface area (Å²) in [6.45, 7) is 7.14. The molecule has 1 aliphatic rings. The van der Waals surface area contributed by atoms with E-state index in [0.717, 1.165) is 38.2 Å². The topological polar surface area (TPSA) is 92.5 Å². The van der Waals surface area contributed by atoms with Crippen LogP contribution in [0.3, 0.4) is 0 Å². The number of aliphatic hydroxyl groups excluding tert-OH is 1. The molecule has 0 radical (unpaired) electrons. The highest BCUT2D eigenvalue weighted by Gasteiger charge is 2.24. The van der Waals surface area contributed by atoms with E-state index in [4.69, 9.17) is 9.84 Å². The highest BCUT2D eigenvalue weighted by atomic mass is 16.5. The largest absolute Gasteiger partial charge is 0.496 e. The van der Waals surface area contributed by atoms with Crippen molar-refractivity contribution in [2.45, 2.75) is 39.3 Å². The van der Waals surface area contributed by atoms with Crippen molar-refractivity contribution in [1.82, 2.24) is 25.2 Å². The molecule has 1 saturated heterocycles. The molecule has 152 valence electrons. The SMILES string of the molecule is COc1ccc(CN2CCCC(n3cc(C(=O)NCCO)nn3)C2)c(C)c1C. The quantitative estimate of drug-likeness (QED) is 0.747. The molecule has 2 N–H and O–H groups in total. The Bertz CT molecular complexity index is 820. The number of carbonyl (C=O) groups is 1. The molecule has 1 aromatic carbocycles. The van der Waals surface area contributed by atoms with Crippen LogP contribution < -0.4 is 10.1 Å². The molecule has 2 heterocycles. The van der Waals surface area contributed by atoms with E-state index in [-0.39, 0.29) is 30.8 Å². The Balaban J connectivity index is 1.66. The second-order valence-corrected chi connectivity index (χ2v) is 7.27. The van der Waals surface area contributed by atoms with Crippen LogP contribution in [0.4, 0.5) is 0 Å². The van der Waals surface area contributed by atoms with E-state index in [9.17, 15) is 4.79 Å². The van der Waals surface area contributed by atoms with Gasteiger partial charge in [0.1, 0.15) is 5.75 Å². The molecule has 1 fully saturated rings. The fourth-order valence-electron chi connectivity index (χ4n) is 3.70. The van der Waals surface area contributed by atoms with E-state index >= 15 is 0 Å². The first-order valence-corrected chi connectivity index (χ1v) is 9.69. The van der Waals surface area contributed by atoms with Crippen LogP contribution in [-0.4, -0.2) is 64.3 Å². The van der Waals surface area contributed by atoms with Crippen molar-refractivity contribution >= 4 is 5.91 Å². The van der Waals surface area contributed by atoms with Crippen LogP contribution in [0.1, 0.15) is 46.1 Å². The summed E-state index contributed by atoms with van der Waals surface area (Å²) in [5.41, 5.74) is 4.04. The molecular weight excluding hydrogens is 358 g/mol. The monoisotopic (exact) mass is 387 g/mol. The van der Waals surface area contributed by atoms with Crippen molar-refractivity contribution in [1.29, 1.82) is 0 Å². The predicted octanol–water partition coefficient (Wildman–Crippen LogP) is 1.46. The molecule has 2 aromatic rings. The van der Waals surface area contributed by atoms with Crippen molar-refractivity contribution in [3.8, 4) is 5.75 Å². The fraction of sp³-hybridized carbons (Fsp3) is 0.550. The maximum Gasteiger partial charge on any atom is 0.273 e. The summed E-state index contributed by atoms with van der Waals surface area (Å²) in [6, 6.07) is 4.37. The molecular formula is C20H29N5O3. The maximum atomic E-state index is 12.0. The van der Waals surface area contributed by atoms with Gasteiger partial charge in [0, 0.05) is 19.6 Å². The molecule has 8 nitrogen and oxygen atoms in total. The number of hydrogen-bond acceptors (Lipinski definition) is 6. The summed E-state index contributed by atoms with van der Waals surface area (Å²) in [6.07, 6.45) is 3.78. The summed E-state index contributed by atoms with van der Waals surface area (Å²) < 4.78 is 7.21. The highest BCUT2D eigenvalue weighted by Crippen LogP contribution is 2.27. The van der Waals surface area contributed by atoms with Crippen LogP contribution in [0.5, 0.6) is 5.75 Å². The average molecular weight is 387 g/mol. The van der Waals surface area contributed by atoms with E-state index in [2.05, 4.69) is 40.4 Å². The van der Waals surface area contributed by atoms with Gasteiger partial charge in [-0.15, -0.1) is 5.10 Å². The van der Waals surface area contributed by atoms with Crippen LogP contribution >= 0.6 is 0 Å². The summed E-state index contributed by atoms with van der Waals surface area (Å²) in [4.78, 5) is 14.4. The van der Waals surface area contributed by atoms with Crippen LogP contribution in [-0.2, 0) is 6.54 Å². The van der Waals surface area contributed by atoms with E-state index in [0.29, 0.717) is 0 Å². The average Bonchev–Trinajstić information content (AvgIpc) is 3.20. The van der Waals surface area contributed by atoms with Crippen LogP contribution in [0.25, 0.3) is 0 Å². The molecule has 0 spiro atoms. The normalized spacial score (nSPS) is 17.5. The maximum absolute atomic E-state index is 12.0. The number of methoxy groups -OCH3 is 1. The van der Waals surface area contributed by atoms with Gasteiger partial charge in [-0.3, -0.25) is 9.69 Å². The van der Waals surface area contributed by atoms with Gasteiger partial charge in [-0.1, -0.05) is 11.3 Å². The van der Waals surface area contributed by atoms with Crippen molar-refractivity contribution < 1.29 is 14.6 Å². The molecule has 0 saturated carbocycles. The molecule has 1 aromatic heterocycles. The van der Waals surface area contributed by atoms with Crippen LogP contribution in [0.15, 0.2) is 18.3 Å². The Morgan fingerprint density at radius 1 is 1.36 bits per heavy atom. The first kappa shape index (κ1) is 20.3. The zero-order chi connectivity index (χ0) is 20.1. The number of aromatic nitrogens is 3. The summed E-state index contributed by atoms with van der Waals surface area (Å²) in [5.74, 6) is 0.615. The lowest BCUT2D eigenvalue weighted by Crippen LogP contribution is -2.36. The minimum Gasteiger partial charge on any atom is -0.496 e. The number of carbonyl (C=O) groups excluding carboxylic acids is 1. The number of nitrogens with one attached hydrogen (secondary N) is 1. The van der Waals surface area contributed by atoms with Crippen molar-refractivity contribution in [3.63, 3.8) is 0 Å². The Labute approximate surface area is 165 Å². The second kappa shape index (κ2) is 9.16. The zero-order valence-electron chi connectivity index (χ0n) is 16.8. The van der Waals surface area contributed by atoms with E-state index < -0.39 is 0 Å². The minimum absolute atomic E-state index is 0.0955. The van der Waals surface area contributed by atoms with Gasteiger partial charge < -0.3 is 15.2 Å². The number of nitrogens with zero attached hydrogens (tertiary/aromatic N) is 4. The number of ether oxygens (including phenoxy) is 1. The molecule has 1 amide bonds. The smallest absolute Gasteiger partial charge is 0.273 e. The lowest BCUT2D eigenvalue weighted by atomic mass is 10.00. The third kappa shape index (κ3) is 4.51. The molecule has 8 heteroatoms. The molecule has 1 unspecified atom stereocenters. The molecule has 28 heavy (non-hydrogen) atoms. The Kier molecular flexibility index (Phi) is 6.64.